The normalized spacial score (nSPS) is 22.2. The van der Waals surface area contributed by atoms with Crippen LogP contribution in [0.25, 0.3) is 0 Å². The van der Waals surface area contributed by atoms with Crippen molar-refractivity contribution in [3.05, 3.63) is 12.2 Å². The smallest absolute Gasteiger partial charge is 0.422 e. The topological polar surface area (TPSA) is 33.6 Å². The van der Waals surface area contributed by atoms with Crippen molar-refractivity contribution >= 4 is 17.5 Å². The molecule has 1 unspecified atom stereocenters. The van der Waals surface area contributed by atoms with Gasteiger partial charge in [-0.25, -0.2) is 0 Å². The maximum absolute atomic E-state index is 11.6. The summed E-state index contributed by atoms with van der Waals surface area (Å²) in [7, 11) is 0. The number of ether oxygens (including phenoxy) is 1. The van der Waals surface area contributed by atoms with E-state index in [9.17, 15) is 13.2 Å². The van der Waals surface area contributed by atoms with Gasteiger partial charge in [-0.15, -0.1) is 5.10 Å². The fourth-order valence-electron chi connectivity index (χ4n) is 0.609. The van der Waals surface area contributed by atoms with E-state index in [4.69, 9.17) is 11.6 Å². The minimum atomic E-state index is -4.35. The number of nitrogens with one attached hydrogen (secondary N) is 1. The van der Waals surface area contributed by atoms with Crippen molar-refractivity contribution in [1.29, 1.82) is 0 Å². The molecule has 0 saturated carbocycles. The largest absolute Gasteiger partial charge is 0.467 e. The Bertz CT molecular complexity index is 239. The van der Waals surface area contributed by atoms with Crippen LogP contribution in [0.15, 0.2) is 17.3 Å². The van der Waals surface area contributed by atoms with Gasteiger partial charge in [-0.2, -0.15) is 13.2 Å². The summed E-state index contributed by atoms with van der Waals surface area (Å²) < 4.78 is 39.2. The van der Waals surface area contributed by atoms with Gasteiger partial charge in [0.2, 0.25) is 5.90 Å². The van der Waals surface area contributed by atoms with E-state index in [-0.39, 0.29) is 5.90 Å². The van der Waals surface area contributed by atoms with Crippen LogP contribution in [0.3, 0.4) is 0 Å². The van der Waals surface area contributed by atoms with Crippen molar-refractivity contribution in [2.24, 2.45) is 5.10 Å². The average molecular weight is 215 g/mol. The minimum Gasteiger partial charge on any atom is -0.467 e. The highest BCUT2D eigenvalue weighted by atomic mass is 35.5. The Balaban J connectivity index is 2.36. The second kappa shape index (κ2) is 3.87. The van der Waals surface area contributed by atoms with Gasteiger partial charge in [0.05, 0.1) is 0 Å². The van der Waals surface area contributed by atoms with E-state index in [0.29, 0.717) is 0 Å². The molecule has 1 rings (SSSR count). The Hall–Kier alpha value is -0.910. The number of hydrogen-bond donors (Lipinski definition) is 1. The summed E-state index contributed by atoms with van der Waals surface area (Å²) >= 11 is 5.49. The van der Waals surface area contributed by atoms with Crippen molar-refractivity contribution in [2.45, 2.75) is 11.7 Å². The van der Waals surface area contributed by atoms with Crippen molar-refractivity contribution < 1.29 is 17.9 Å². The number of rotatable bonds is 1. The standard InChI is InChI=1S/C6H6ClF3N2O/c7-4-1-2-5(12-11-4)13-3-6(8,9)10/h1-2,4,11H,3H2. The zero-order valence-electron chi connectivity index (χ0n) is 6.31. The van der Waals surface area contributed by atoms with Crippen LogP contribution in [-0.4, -0.2) is 24.2 Å². The van der Waals surface area contributed by atoms with E-state index in [0.717, 1.165) is 0 Å². The highest BCUT2D eigenvalue weighted by Crippen LogP contribution is 2.15. The molecule has 0 aromatic rings. The molecule has 0 saturated heterocycles. The van der Waals surface area contributed by atoms with E-state index < -0.39 is 18.3 Å². The molecule has 13 heavy (non-hydrogen) atoms. The van der Waals surface area contributed by atoms with Gasteiger partial charge in [-0.05, 0) is 6.08 Å². The third-order valence-corrected chi connectivity index (χ3v) is 1.33. The Labute approximate surface area is 77.2 Å². The van der Waals surface area contributed by atoms with E-state index >= 15 is 0 Å². The summed E-state index contributed by atoms with van der Waals surface area (Å²) in [6.45, 7) is -1.36. The van der Waals surface area contributed by atoms with Gasteiger partial charge in [0.1, 0.15) is 5.50 Å². The van der Waals surface area contributed by atoms with Crippen molar-refractivity contribution in [3.8, 4) is 0 Å². The minimum absolute atomic E-state index is 0.130. The average Bonchev–Trinajstić information content (AvgIpc) is 2.02. The molecule has 1 aliphatic heterocycles. The molecule has 0 spiro atoms. The Morgan fingerprint density at radius 1 is 1.62 bits per heavy atom. The quantitative estimate of drug-likeness (QED) is 0.531. The second-order valence-corrected chi connectivity index (χ2v) is 2.71. The number of alkyl halides is 4. The monoisotopic (exact) mass is 214 g/mol. The molecule has 1 aliphatic rings. The van der Waals surface area contributed by atoms with E-state index in [1.807, 2.05) is 0 Å². The van der Waals surface area contributed by atoms with Gasteiger partial charge >= 0.3 is 6.18 Å². The van der Waals surface area contributed by atoms with E-state index in [1.165, 1.54) is 12.2 Å². The zero-order valence-corrected chi connectivity index (χ0v) is 7.06. The number of nitrogens with zero attached hydrogens (tertiary/aromatic N) is 1. The first-order valence-corrected chi connectivity index (χ1v) is 3.76. The molecule has 7 heteroatoms. The van der Waals surface area contributed by atoms with Crippen LogP contribution in [-0.2, 0) is 4.74 Å². The molecular formula is C6H6ClF3N2O. The van der Waals surface area contributed by atoms with E-state index in [2.05, 4.69) is 15.3 Å². The van der Waals surface area contributed by atoms with Crippen LogP contribution >= 0.6 is 11.6 Å². The summed E-state index contributed by atoms with van der Waals surface area (Å²) in [5.74, 6) is -0.130. The number of hydrazone groups is 1. The lowest BCUT2D eigenvalue weighted by Gasteiger charge is -2.13. The number of hydrogen-bond acceptors (Lipinski definition) is 3. The van der Waals surface area contributed by atoms with E-state index in [1.54, 1.807) is 0 Å². The molecule has 3 nitrogen and oxygen atoms in total. The molecule has 1 N–H and O–H groups in total. The molecule has 1 atom stereocenters. The first-order chi connectivity index (χ1) is 5.97. The van der Waals surface area contributed by atoms with Crippen molar-refractivity contribution in [1.82, 2.24) is 5.43 Å². The Morgan fingerprint density at radius 3 is 2.77 bits per heavy atom. The highest BCUT2D eigenvalue weighted by molar-refractivity contribution is 6.22. The molecule has 0 aromatic carbocycles. The van der Waals surface area contributed by atoms with Crippen molar-refractivity contribution in [2.75, 3.05) is 6.61 Å². The third kappa shape index (κ3) is 4.02. The predicted molar refractivity (Wildman–Crippen MR) is 41.4 cm³/mol. The summed E-state index contributed by atoms with van der Waals surface area (Å²) in [6.07, 6.45) is -1.64. The SMILES string of the molecule is FC(F)(F)COC1=NNC(Cl)C=C1. The van der Waals surface area contributed by atoms with Crippen LogP contribution in [0.5, 0.6) is 0 Å². The van der Waals surface area contributed by atoms with Crippen LogP contribution in [0, 0.1) is 0 Å². The van der Waals surface area contributed by atoms with Gasteiger partial charge in [-0.3, -0.25) is 5.43 Å². The van der Waals surface area contributed by atoms with Gasteiger partial charge in [0.15, 0.2) is 6.61 Å². The molecule has 0 aromatic heterocycles. The first kappa shape index (κ1) is 10.2. The summed E-state index contributed by atoms with van der Waals surface area (Å²) in [5.41, 5.74) is 1.84. The van der Waals surface area contributed by atoms with Crippen LogP contribution in [0.1, 0.15) is 0 Å². The molecule has 1 heterocycles. The van der Waals surface area contributed by atoms with Gasteiger partial charge in [0, 0.05) is 6.08 Å². The molecule has 0 amide bonds. The molecule has 0 bridgehead atoms. The fourth-order valence-corrected chi connectivity index (χ4v) is 0.730. The molecule has 0 fully saturated rings. The lowest BCUT2D eigenvalue weighted by atomic mass is 10.4. The Kier molecular flexibility index (Phi) is 3.02. The lowest BCUT2D eigenvalue weighted by molar-refractivity contribution is -0.156. The second-order valence-electron chi connectivity index (χ2n) is 2.24. The molecule has 0 aliphatic carbocycles. The molecule has 74 valence electrons. The maximum Gasteiger partial charge on any atom is 0.422 e. The lowest BCUT2D eigenvalue weighted by Crippen LogP contribution is -2.26. The van der Waals surface area contributed by atoms with Gasteiger partial charge in [0.25, 0.3) is 0 Å². The summed E-state index contributed by atoms with van der Waals surface area (Å²) in [6, 6.07) is 0. The first-order valence-electron chi connectivity index (χ1n) is 3.32. The zero-order chi connectivity index (χ0) is 9.90. The molecular weight excluding hydrogens is 209 g/mol. The maximum atomic E-state index is 11.6. The molecule has 0 radical (unpaired) electrons. The van der Waals surface area contributed by atoms with Crippen LogP contribution in [0.4, 0.5) is 13.2 Å². The van der Waals surface area contributed by atoms with Crippen molar-refractivity contribution in [3.63, 3.8) is 0 Å². The predicted octanol–water partition coefficient (Wildman–Crippen LogP) is 1.60. The summed E-state index contributed by atoms with van der Waals surface area (Å²) in [4.78, 5) is 0. The summed E-state index contributed by atoms with van der Waals surface area (Å²) in [5, 5.41) is 3.44. The highest BCUT2D eigenvalue weighted by Gasteiger charge is 2.29. The Morgan fingerprint density at radius 2 is 2.31 bits per heavy atom. The van der Waals surface area contributed by atoms with Gasteiger partial charge in [-0.1, -0.05) is 11.6 Å². The van der Waals surface area contributed by atoms with Crippen LogP contribution < -0.4 is 5.43 Å². The van der Waals surface area contributed by atoms with Gasteiger partial charge < -0.3 is 4.74 Å². The fraction of sp³-hybridized carbons (Fsp3) is 0.500. The number of halogens is 4. The van der Waals surface area contributed by atoms with Crippen LogP contribution in [0.2, 0.25) is 0 Å². The third-order valence-electron chi connectivity index (χ3n) is 1.09.